The lowest BCUT2D eigenvalue weighted by atomic mass is 9.84. The Bertz CT molecular complexity index is 411. The molecule has 1 N–H and O–H groups in total. The van der Waals surface area contributed by atoms with Crippen molar-refractivity contribution >= 4 is 5.69 Å². The van der Waals surface area contributed by atoms with Gasteiger partial charge in [-0.3, -0.25) is 0 Å². The van der Waals surface area contributed by atoms with E-state index in [-0.39, 0.29) is 11.2 Å². The molecular weight excluding hydrogens is 227 g/mol. The van der Waals surface area contributed by atoms with Crippen molar-refractivity contribution in [3.63, 3.8) is 0 Å². The Labute approximate surface area is 109 Å². The van der Waals surface area contributed by atoms with Crippen LogP contribution in [0.1, 0.15) is 27.7 Å². The van der Waals surface area contributed by atoms with Crippen LogP contribution in [0.15, 0.2) is 24.3 Å². The van der Waals surface area contributed by atoms with Crippen LogP contribution in [-0.2, 0) is 0 Å². The summed E-state index contributed by atoms with van der Waals surface area (Å²) >= 11 is 0. The third-order valence-electron chi connectivity index (χ3n) is 3.78. The van der Waals surface area contributed by atoms with Gasteiger partial charge in [0.25, 0.3) is 0 Å². The lowest BCUT2D eigenvalue weighted by molar-refractivity contribution is 0.238. The number of benzene rings is 1. The minimum Gasteiger partial charge on any atom is -0.364 e. The van der Waals surface area contributed by atoms with Crippen LogP contribution in [0.25, 0.3) is 0 Å². The molecular formula is C15H23FN2. The van der Waals surface area contributed by atoms with Crippen molar-refractivity contribution < 1.29 is 4.39 Å². The van der Waals surface area contributed by atoms with Crippen LogP contribution in [0.5, 0.6) is 0 Å². The molecule has 1 aromatic rings. The number of piperazine rings is 1. The molecule has 2 atom stereocenters. The van der Waals surface area contributed by atoms with Crippen LogP contribution in [-0.4, -0.2) is 25.2 Å². The maximum atomic E-state index is 13.9. The highest BCUT2D eigenvalue weighted by Crippen LogP contribution is 2.28. The molecule has 1 aromatic carbocycles. The second-order valence-corrected chi connectivity index (χ2v) is 6.28. The molecule has 2 nitrogen and oxygen atoms in total. The molecule has 1 heterocycles. The summed E-state index contributed by atoms with van der Waals surface area (Å²) in [5.74, 6) is -0.126. The van der Waals surface area contributed by atoms with Gasteiger partial charge in [-0.05, 0) is 24.5 Å². The van der Waals surface area contributed by atoms with Crippen LogP contribution in [0, 0.1) is 11.2 Å². The maximum absolute atomic E-state index is 13.9. The lowest BCUT2D eigenvalue weighted by Gasteiger charge is -2.45. The average molecular weight is 250 g/mol. The zero-order valence-electron chi connectivity index (χ0n) is 11.7. The molecule has 1 fully saturated rings. The van der Waals surface area contributed by atoms with E-state index in [9.17, 15) is 4.39 Å². The summed E-state index contributed by atoms with van der Waals surface area (Å²) in [5, 5.41) is 3.56. The molecule has 1 aliphatic heterocycles. The number of rotatable bonds is 1. The zero-order valence-corrected chi connectivity index (χ0v) is 11.7. The lowest BCUT2D eigenvalue weighted by Crippen LogP contribution is -2.59. The molecule has 0 aromatic heterocycles. The molecule has 0 radical (unpaired) electrons. The fraction of sp³-hybridized carbons (Fsp3) is 0.600. The van der Waals surface area contributed by atoms with E-state index in [1.54, 1.807) is 6.07 Å². The second kappa shape index (κ2) is 4.88. The number of nitrogens with zero attached hydrogens (tertiary/aromatic N) is 1. The van der Waals surface area contributed by atoms with Gasteiger partial charge >= 0.3 is 0 Å². The van der Waals surface area contributed by atoms with Gasteiger partial charge in [-0.25, -0.2) is 4.39 Å². The predicted molar refractivity (Wildman–Crippen MR) is 74.5 cm³/mol. The number of nitrogens with one attached hydrogen (secondary N) is 1. The Kier molecular flexibility index (Phi) is 3.62. The molecule has 0 amide bonds. The topological polar surface area (TPSA) is 15.3 Å². The molecule has 0 aliphatic carbocycles. The standard InChI is InChI=1S/C15H23FN2/c1-11-9-17-14(15(2,3)4)10-18(11)13-8-6-5-7-12(13)16/h5-8,11,14,17H,9-10H2,1-4H3. The molecule has 3 heteroatoms. The first-order valence-corrected chi connectivity index (χ1v) is 6.64. The first kappa shape index (κ1) is 13.3. The van der Waals surface area contributed by atoms with Gasteiger partial charge in [-0.1, -0.05) is 32.9 Å². The third kappa shape index (κ3) is 2.66. The van der Waals surface area contributed by atoms with E-state index in [4.69, 9.17) is 0 Å². The molecule has 0 spiro atoms. The molecule has 1 aliphatic rings. The fourth-order valence-corrected chi connectivity index (χ4v) is 2.46. The van der Waals surface area contributed by atoms with Crippen molar-refractivity contribution in [2.75, 3.05) is 18.0 Å². The van der Waals surface area contributed by atoms with Crippen LogP contribution < -0.4 is 10.2 Å². The van der Waals surface area contributed by atoms with Crippen molar-refractivity contribution in [2.45, 2.75) is 39.8 Å². The van der Waals surface area contributed by atoms with E-state index in [1.165, 1.54) is 6.07 Å². The molecule has 0 bridgehead atoms. The first-order chi connectivity index (χ1) is 8.39. The predicted octanol–water partition coefficient (Wildman–Crippen LogP) is 3.04. The number of para-hydroxylation sites is 1. The Hall–Kier alpha value is -1.09. The maximum Gasteiger partial charge on any atom is 0.146 e. The number of halogens is 1. The van der Waals surface area contributed by atoms with E-state index < -0.39 is 0 Å². The molecule has 2 rings (SSSR count). The van der Waals surface area contributed by atoms with E-state index in [0.717, 1.165) is 18.8 Å². The van der Waals surface area contributed by atoms with Crippen LogP contribution in [0.3, 0.4) is 0 Å². The Morgan fingerprint density at radius 2 is 1.94 bits per heavy atom. The van der Waals surface area contributed by atoms with Gasteiger partial charge in [0.2, 0.25) is 0 Å². The highest BCUT2D eigenvalue weighted by atomic mass is 19.1. The SMILES string of the molecule is CC1CNC(C(C)(C)C)CN1c1ccccc1F. The summed E-state index contributed by atoms with van der Waals surface area (Å²) in [6, 6.07) is 7.76. The van der Waals surface area contributed by atoms with Crippen LogP contribution in [0.4, 0.5) is 10.1 Å². The number of hydrogen-bond donors (Lipinski definition) is 1. The highest BCUT2D eigenvalue weighted by molar-refractivity contribution is 5.49. The smallest absolute Gasteiger partial charge is 0.146 e. The Balaban J connectivity index is 2.23. The number of anilines is 1. The van der Waals surface area contributed by atoms with Gasteiger partial charge in [0.05, 0.1) is 5.69 Å². The summed E-state index contributed by atoms with van der Waals surface area (Å²) < 4.78 is 13.9. The molecule has 0 saturated carbocycles. The van der Waals surface area contributed by atoms with Gasteiger partial charge in [0.15, 0.2) is 0 Å². The molecule has 1 saturated heterocycles. The Morgan fingerprint density at radius 1 is 1.28 bits per heavy atom. The van der Waals surface area contributed by atoms with Crippen molar-refractivity contribution in [3.8, 4) is 0 Å². The molecule has 100 valence electrons. The summed E-state index contributed by atoms with van der Waals surface area (Å²) in [7, 11) is 0. The van der Waals surface area contributed by atoms with Gasteiger partial charge in [-0.15, -0.1) is 0 Å². The number of hydrogen-bond acceptors (Lipinski definition) is 2. The summed E-state index contributed by atoms with van der Waals surface area (Å²) in [5.41, 5.74) is 0.907. The molecule has 2 unspecified atom stereocenters. The monoisotopic (exact) mass is 250 g/mol. The normalized spacial score (nSPS) is 25.3. The van der Waals surface area contributed by atoms with Crippen LogP contribution >= 0.6 is 0 Å². The van der Waals surface area contributed by atoms with E-state index in [0.29, 0.717) is 12.1 Å². The summed E-state index contributed by atoms with van der Waals surface area (Å²) in [6.07, 6.45) is 0. The van der Waals surface area contributed by atoms with Gasteiger partial charge in [0.1, 0.15) is 5.82 Å². The van der Waals surface area contributed by atoms with Crippen molar-refractivity contribution in [3.05, 3.63) is 30.1 Å². The first-order valence-electron chi connectivity index (χ1n) is 6.64. The van der Waals surface area contributed by atoms with Crippen molar-refractivity contribution in [2.24, 2.45) is 5.41 Å². The van der Waals surface area contributed by atoms with Crippen molar-refractivity contribution in [1.29, 1.82) is 0 Å². The van der Waals surface area contributed by atoms with Gasteiger partial charge < -0.3 is 10.2 Å². The van der Waals surface area contributed by atoms with Gasteiger partial charge in [-0.2, -0.15) is 0 Å². The summed E-state index contributed by atoms with van der Waals surface area (Å²) in [4.78, 5) is 2.18. The van der Waals surface area contributed by atoms with Gasteiger partial charge in [0, 0.05) is 25.2 Å². The van der Waals surface area contributed by atoms with Crippen molar-refractivity contribution in [1.82, 2.24) is 5.32 Å². The summed E-state index contributed by atoms with van der Waals surface area (Å²) in [6.45, 7) is 10.6. The van der Waals surface area contributed by atoms with Crippen LogP contribution in [0.2, 0.25) is 0 Å². The van der Waals surface area contributed by atoms with E-state index >= 15 is 0 Å². The minimum atomic E-state index is -0.126. The largest absolute Gasteiger partial charge is 0.364 e. The fourth-order valence-electron chi connectivity index (χ4n) is 2.46. The highest BCUT2D eigenvalue weighted by Gasteiger charge is 2.33. The third-order valence-corrected chi connectivity index (χ3v) is 3.78. The Morgan fingerprint density at radius 3 is 2.56 bits per heavy atom. The van der Waals surface area contributed by atoms with E-state index in [1.807, 2.05) is 12.1 Å². The van der Waals surface area contributed by atoms with E-state index in [2.05, 4.69) is 37.9 Å². The quantitative estimate of drug-likeness (QED) is 0.824. The molecule has 18 heavy (non-hydrogen) atoms. The second-order valence-electron chi connectivity index (χ2n) is 6.28. The minimum absolute atomic E-state index is 0.126. The average Bonchev–Trinajstić information content (AvgIpc) is 2.29. The zero-order chi connectivity index (χ0) is 13.3.